The first-order valence-electron chi connectivity index (χ1n) is 6.94. The first-order valence-corrected chi connectivity index (χ1v) is 7.73. The van der Waals surface area contributed by atoms with E-state index in [1.54, 1.807) is 0 Å². The van der Waals surface area contributed by atoms with Crippen LogP contribution in [0.3, 0.4) is 0 Å². The topological polar surface area (TPSA) is 15.3 Å². The highest BCUT2D eigenvalue weighted by Gasteiger charge is 2.22. The summed E-state index contributed by atoms with van der Waals surface area (Å²) in [4.78, 5) is 2.41. The van der Waals surface area contributed by atoms with Crippen LogP contribution in [0, 0.1) is 0 Å². The lowest BCUT2D eigenvalue weighted by Gasteiger charge is -2.36. The minimum absolute atomic E-state index is 0.751. The molecule has 1 aromatic carbocycles. The van der Waals surface area contributed by atoms with E-state index in [0.29, 0.717) is 0 Å². The first kappa shape index (κ1) is 13.9. The van der Waals surface area contributed by atoms with Crippen LogP contribution in [0.15, 0.2) is 22.7 Å². The zero-order valence-electron chi connectivity index (χ0n) is 11.4. The van der Waals surface area contributed by atoms with Gasteiger partial charge in [-0.1, -0.05) is 28.9 Å². The maximum absolute atomic E-state index is 3.69. The van der Waals surface area contributed by atoms with E-state index in [0.717, 1.165) is 19.1 Å². The molecule has 0 aromatic heterocycles. The monoisotopic (exact) mass is 310 g/mol. The van der Waals surface area contributed by atoms with Crippen LogP contribution in [0.1, 0.15) is 38.2 Å². The van der Waals surface area contributed by atoms with Crippen molar-refractivity contribution in [3.8, 4) is 0 Å². The van der Waals surface area contributed by atoms with Crippen LogP contribution in [-0.4, -0.2) is 19.6 Å². The van der Waals surface area contributed by atoms with Gasteiger partial charge in [-0.05, 0) is 49.9 Å². The van der Waals surface area contributed by atoms with Crippen LogP contribution in [-0.2, 0) is 6.54 Å². The molecule has 0 amide bonds. The van der Waals surface area contributed by atoms with Gasteiger partial charge in [0.2, 0.25) is 0 Å². The molecule has 1 saturated carbocycles. The standard InChI is InChI=1S/C15H23BrN2/c1-3-9-17-11-12-7-8-14(10-15(12)16)18(2)13-5-4-6-13/h7-8,10,13,17H,3-6,9,11H2,1-2H3. The summed E-state index contributed by atoms with van der Waals surface area (Å²) >= 11 is 3.69. The minimum Gasteiger partial charge on any atom is -0.372 e. The van der Waals surface area contributed by atoms with Crippen LogP contribution < -0.4 is 10.2 Å². The summed E-state index contributed by atoms with van der Waals surface area (Å²) < 4.78 is 1.22. The zero-order valence-corrected chi connectivity index (χ0v) is 13.0. The Morgan fingerprint density at radius 1 is 1.39 bits per heavy atom. The third-order valence-corrected chi connectivity index (χ3v) is 4.55. The van der Waals surface area contributed by atoms with Gasteiger partial charge < -0.3 is 10.2 Å². The Balaban J connectivity index is 1.99. The lowest BCUT2D eigenvalue weighted by molar-refractivity contribution is 0.401. The summed E-state index contributed by atoms with van der Waals surface area (Å²) in [5.74, 6) is 0. The second kappa shape index (κ2) is 6.58. The summed E-state index contributed by atoms with van der Waals surface area (Å²) in [7, 11) is 2.21. The number of hydrogen-bond donors (Lipinski definition) is 1. The summed E-state index contributed by atoms with van der Waals surface area (Å²) in [6, 6.07) is 7.48. The van der Waals surface area contributed by atoms with Crippen molar-refractivity contribution in [2.24, 2.45) is 0 Å². The molecule has 3 heteroatoms. The van der Waals surface area contributed by atoms with Crippen LogP contribution in [0.25, 0.3) is 0 Å². The summed E-state index contributed by atoms with van der Waals surface area (Å²) in [6.07, 6.45) is 5.25. The van der Waals surface area contributed by atoms with Crippen molar-refractivity contribution in [1.29, 1.82) is 0 Å². The Bertz CT molecular complexity index is 388. The highest BCUT2D eigenvalue weighted by Crippen LogP contribution is 2.30. The highest BCUT2D eigenvalue weighted by atomic mass is 79.9. The summed E-state index contributed by atoms with van der Waals surface area (Å²) in [6.45, 7) is 4.22. The van der Waals surface area contributed by atoms with Crippen molar-refractivity contribution >= 4 is 21.6 Å². The van der Waals surface area contributed by atoms with E-state index in [1.807, 2.05) is 0 Å². The lowest BCUT2D eigenvalue weighted by atomic mass is 9.91. The van der Waals surface area contributed by atoms with Gasteiger partial charge in [0.05, 0.1) is 0 Å². The van der Waals surface area contributed by atoms with E-state index in [4.69, 9.17) is 0 Å². The maximum atomic E-state index is 3.69. The maximum Gasteiger partial charge on any atom is 0.0377 e. The molecule has 0 heterocycles. The molecule has 100 valence electrons. The van der Waals surface area contributed by atoms with Gasteiger partial charge in [0.25, 0.3) is 0 Å². The number of hydrogen-bond acceptors (Lipinski definition) is 2. The molecule has 18 heavy (non-hydrogen) atoms. The molecule has 2 rings (SSSR count). The van der Waals surface area contributed by atoms with Gasteiger partial charge in [-0.3, -0.25) is 0 Å². The Labute approximate surface area is 119 Å². The fourth-order valence-electron chi connectivity index (χ4n) is 2.28. The largest absolute Gasteiger partial charge is 0.372 e. The Kier molecular flexibility index (Phi) is 5.07. The van der Waals surface area contributed by atoms with Crippen molar-refractivity contribution in [3.63, 3.8) is 0 Å². The summed E-state index contributed by atoms with van der Waals surface area (Å²) in [5.41, 5.74) is 2.67. The van der Waals surface area contributed by atoms with E-state index < -0.39 is 0 Å². The number of anilines is 1. The SMILES string of the molecule is CCCNCc1ccc(N(C)C2CCC2)cc1Br. The van der Waals surface area contributed by atoms with Gasteiger partial charge >= 0.3 is 0 Å². The van der Waals surface area contributed by atoms with Crippen molar-refractivity contribution in [2.45, 2.75) is 45.2 Å². The normalized spacial score (nSPS) is 15.5. The van der Waals surface area contributed by atoms with Gasteiger partial charge in [-0.25, -0.2) is 0 Å². The lowest BCUT2D eigenvalue weighted by Crippen LogP contribution is -2.37. The van der Waals surface area contributed by atoms with Gasteiger partial charge in [0, 0.05) is 29.8 Å². The minimum atomic E-state index is 0.751. The fraction of sp³-hybridized carbons (Fsp3) is 0.600. The summed E-state index contributed by atoms with van der Waals surface area (Å²) in [5, 5.41) is 3.44. The van der Waals surface area contributed by atoms with Crippen LogP contribution in [0.2, 0.25) is 0 Å². The molecule has 1 aromatic rings. The fourth-order valence-corrected chi connectivity index (χ4v) is 2.79. The predicted octanol–water partition coefficient (Wildman–Crippen LogP) is 3.94. The predicted molar refractivity (Wildman–Crippen MR) is 82.2 cm³/mol. The molecule has 1 fully saturated rings. The number of rotatable bonds is 6. The van der Waals surface area contributed by atoms with Crippen LogP contribution in [0.4, 0.5) is 5.69 Å². The Hall–Kier alpha value is -0.540. The van der Waals surface area contributed by atoms with Crippen molar-refractivity contribution in [2.75, 3.05) is 18.5 Å². The number of benzene rings is 1. The van der Waals surface area contributed by atoms with Crippen LogP contribution in [0.5, 0.6) is 0 Å². The van der Waals surface area contributed by atoms with Gasteiger partial charge in [0.1, 0.15) is 0 Å². The second-order valence-corrected chi connectivity index (χ2v) is 6.00. The van der Waals surface area contributed by atoms with Gasteiger partial charge in [0.15, 0.2) is 0 Å². The molecule has 0 radical (unpaired) electrons. The Morgan fingerprint density at radius 2 is 2.17 bits per heavy atom. The van der Waals surface area contributed by atoms with E-state index in [1.165, 1.54) is 41.4 Å². The molecule has 1 aliphatic rings. The third kappa shape index (κ3) is 3.27. The number of nitrogens with one attached hydrogen (secondary N) is 1. The third-order valence-electron chi connectivity index (χ3n) is 3.81. The van der Waals surface area contributed by atoms with Gasteiger partial charge in [-0.2, -0.15) is 0 Å². The molecule has 0 bridgehead atoms. The van der Waals surface area contributed by atoms with E-state index >= 15 is 0 Å². The molecule has 1 aliphatic carbocycles. The average Bonchev–Trinajstić information content (AvgIpc) is 2.29. The van der Waals surface area contributed by atoms with Crippen molar-refractivity contribution < 1.29 is 0 Å². The van der Waals surface area contributed by atoms with Gasteiger partial charge in [-0.15, -0.1) is 0 Å². The van der Waals surface area contributed by atoms with E-state index in [-0.39, 0.29) is 0 Å². The van der Waals surface area contributed by atoms with Crippen LogP contribution >= 0.6 is 15.9 Å². The molecular weight excluding hydrogens is 288 g/mol. The molecule has 1 N–H and O–H groups in total. The number of halogens is 1. The van der Waals surface area contributed by atoms with E-state index in [9.17, 15) is 0 Å². The van der Waals surface area contributed by atoms with E-state index in [2.05, 4.69) is 58.3 Å². The molecule has 0 atom stereocenters. The number of nitrogens with zero attached hydrogens (tertiary/aromatic N) is 1. The Morgan fingerprint density at radius 3 is 2.72 bits per heavy atom. The average molecular weight is 311 g/mol. The molecular formula is C15H23BrN2. The first-order chi connectivity index (χ1) is 8.72. The van der Waals surface area contributed by atoms with Crippen molar-refractivity contribution in [1.82, 2.24) is 5.32 Å². The molecule has 0 spiro atoms. The molecule has 0 saturated heterocycles. The molecule has 0 aliphatic heterocycles. The molecule has 0 unspecified atom stereocenters. The smallest absolute Gasteiger partial charge is 0.0377 e. The quantitative estimate of drug-likeness (QED) is 0.801. The van der Waals surface area contributed by atoms with Crippen molar-refractivity contribution in [3.05, 3.63) is 28.2 Å². The zero-order chi connectivity index (χ0) is 13.0. The molecule has 2 nitrogen and oxygen atoms in total. The highest BCUT2D eigenvalue weighted by molar-refractivity contribution is 9.10. The second-order valence-electron chi connectivity index (χ2n) is 5.15.